The van der Waals surface area contributed by atoms with E-state index in [0.717, 1.165) is 15.5 Å². The minimum atomic E-state index is -3.87. The van der Waals surface area contributed by atoms with E-state index in [0.29, 0.717) is 0 Å². The van der Waals surface area contributed by atoms with E-state index in [1.54, 1.807) is 18.2 Å². The Morgan fingerprint density at radius 1 is 1.13 bits per heavy atom. The minimum Gasteiger partial charge on any atom is -0.357 e. The van der Waals surface area contributed by atoms with Crippen LogP contribution in [0, 0.1) is 5.82 Å². The maximum atomic E-state index is 14.2. The standard InChI is InChI=1S/C20H23ClFN3O4S/c1-14(20(27)23-2)24(12-15-8-4-6-10-17(15)22)19(26)13-25(30(3,28)29)18-11-7-5-9-16(18)21/h4-11,14H,12-13H2,1-3H3,(H,23,27)/t14-/m1/s1. The second kappa shape index (κ2) is 9.90. The number of para-hydroxylation sites is 1. The van der Waals surface area contributed by atoms with Crippen LogP contribution in [-0.2, 0) is 26.2 Å². The highest BCUT2D eigenvalue weighted by atomic mass is 35.5. The van der Waals surface area contributed by atoms with Crippen molar-refractivity contribution in [3.05, 3.63) is 64.9 Å². The average molecular weight is 456 g/mol. The lowest BCUT2D eigenvalue weighted by molar-refractivity contribution is -0.139. The van der Waals surface area contributed by atoms with Gasteiger partial charge in [0.25, 0.3) is 0 Å². The molecule has 1 atom stereocenters. The Kier molecular flexibility index (Phi) is 7.80. The summed E-state index contributed by atoms with van der Waals surface area (Å²) in [4.78, 5) is 26.5. The highest BCUT2D eigenvalue weighted by Gasteiger charge is 2.30. The fourth-order valence-corrected chi connectivity index (χ4v) is 4.00. The minimum absolute atomic E-state index is 0.133. The van der Waals surface area contributed by atoms with Crippen molar-refractivity contribution >= 4 is 39.1 Å². The van der Waals surface area contributed by atoms with E-state index >= 15 is 0 Å². The number of rotatable bonds is 8. The van der Waals surface area contributed by atoms with Gasteiger partial charge in [-0.2, -0.15) is 0 Å². The molecule has 162 valence electrons. The number of anilines is 1. The van der Waals surface area contributed by atoms with Gasteiger partial charge >= 0.3 is 0 Å². The van der Waals surface area contributed by atoms with E-state index < -0.39 is 40.2 Å². The summed E-state index contributed by atoms with van der Waals surface area (Å²) in [5.74, 6) is -1.69. The number of nitrogens with one attached hydrogen (secondary N) is 1. The fourth-order valence-electron chi connectivity index (χ4n) is 2.85. The number of likely N-dealkylation sites (N-methyl/N-ethyl adjacent to an activating group) is 1. The summed E-state index contributed by atoms with van der Waals surface area (Å²) < 4.78 is 39.8. The van der Waals surface area contributed by atoms with E-state index in [-0.39, 0.29) is 22.8 Å². The quantitative estimate of drug-likeness (QED) is 0.662. The Hall–Kier alpha value is -2.65. The molecule has 0 bridgehead atoms. The van der Waals surface area contributed by atoms with Crippen LogP contribution in [0.15, 0.2) is 48.5 Å². The van der Waals surface area contributed by atoms with Gasteiger partial charge in [-0.05, 0) is 25.1 Å². The van der Waals surface area contributed by atoms with Crippen LogP contribution in [-0.4, -0.2) is 51.0 Å². The topological polar surface area (TPSA) is 86.8 Å². The summed E-state index contributed by atoms with van der Waals surface area (Å²) in [5.41, 5.74) is 0.332. The number of sulfonamides is 1. The van der Waals surface area contributed by atoms with Crippen molar-refractivity contribution in [3.8, 4) is 0 Å². The van der Waals surface area contributed by atoms with E-state index in [1.165, 1.54) is 44.3 Å². The Labute approximate surface area is 180 Å². The predicted molar refractivity (Wildman–Crippen MR) is 114 cm³/mol. The number of nitrogens with zero attached hydrogens (tertiary/aromatic N) is 2. The number of amides is 2. The number of carbonyl (C=O) groups excluding carboxylic acids is 2. The Morgan fingerprint density at radius 3 is 2.30 bits per heavy atom. The van der Waals surface area contributed by atoms with Gasteiger partial charge in [-0.15, -0.1) is 0 Å². The lowest BCUT2D eigenvalue weighted by atomic mass is 10.1. The molecule has 2 aromatic rings. The van der Waals surface area contributed by atoms with Crippen LogP contribution >= 0.6 is 11.6 Å². The number of carbonyl (C=O) groups is 2. The van der Waals surface area contributed by atoms with Crippen molar-refractivity contribution in [1.29, 1.82) is 0 Å². The van der Waals surface area contributed by atoms with E-state index in [9.17, 15) is 22.4 Å². The van der Waals surface area contributed by atoms with Gasteiger partial charge in [-0.3, -0.25) is 13.9 Å². The summed E-state index contributed by atoms with van der Waals surface area (Å²) in [6.07, 6.45) is 0.951. The maximum absolute atomic E-state index is 14.2. The van der Waals surface area contributed by atoms with Gasteiger partial charge in [0.1, 0.15) is 18.4 Å². The third-order valence-electron chi connectivity index (χ3n) is 4.51. The molecule has 2 rings (SSSR count). The first-order chi connectivity index (χ1) is 14.1. The molecular weight excluding hydrogens is 433 g/mol. The molecule has 2 amide bonds. The van der Waals surface area contributed by atoms with Gasteiger partial charge in [0, 0.05) is 19.2 Å². The number of hydrogen-bond acceptors (Lipinski definition) is 4. The van der Waals surface area contributed by atoms with Crippen LogP contribution in [0.1, 0.15) is 12.5 Å². The molecule has 0 saturated heterocycles. The Balaban J connectivity index is 2.41. The molecule has 0 saturated carbocycles. The molecule has 0 fully saturated rings. The average Bonchev–Trinajstić information content (AvgIpc) is 2.70. The summed E-state index contributed by atoms with van der Waals surface area (Å²) in [6.45, 7) is 0.677. The maximum Gasteiger partial charge on any atom is 0.244 e. The second-order valence-corrected chi connectivity index (χ2v) is 8.94. The van der Waals surface area contributed by atoms with Crippen molar-refractivity contribution in [3.63, 3.8) is 0 Å². The Morgan fingerprint density at radius 2 is 1.73 bits per heavy atom. The van der Waals surface area contributed by atoms with Crippen LogP contribution < -0.4 is 9.62 Å². The number of halogens is 2. The van der Waals surface area contributed by atoms with Crippen molar-refractivity contribution in [2.45, 2.75) is 19.5 Å². The molecule has 0 aliphatic rings. The molecule has 0 spiro atoms. The first-order valence-electron chi connectivity index (χ1n) is 9.03. The van der Waals surface area contributed by atoms with Crippen LogP contribution in [0.2, 0.25) is 5.02 Å². The van der Waals surface area contributed by atoms with Gasteiger partial charge in [0.15, 0.2) is 0 Å². The predicted octanol–water partition coefficient (Wildman–Crippen LogP) is 2.41. The second-order valence-electron chi connectivity index (χ2n) is 6.62. The first-order valence-corrected chi connectivity index (χ1v) is 11.3. The van der Waals surface area contributed by atoms with Crippen LogP contribution in [0.4, 0.5) is 10.1 Å². The van der Waals surface area contributed by atoms with Gasteiger partial charge in [0.2, 0.25) is 21.8 Å². The summed E-state index contributed by atoms with van der Waals surface area (Å²) >= 11 is 6.13. The molecular formula is C20H23ClFN3O4S. The molecule has 0 heterocycles. The summed E-state index contributed by atoms with van der Waals surface area (Å²) in [7, 11) is -2.46. The van der Waals surface area contributed by atoms with E-state index in [2.05, 4.69) is 5.32 Å². The molecule has 0 aliphatic heterocycles. The van der Waals surface area contributed by atoms with Crippen LogP contribution in [0.25, 0.3) is 0 Å². The molecule has 10 heteroatoms. The first kappa shape index (κ1) is 23.6. The van der Waals surface area contributed by atoms with Gasteiger partial charge in [-0.1, -0.05) is 41.9 Å². The molecule has 0 aliphatic carbocycles. The third-order valence-corrected chi connectivity index (χ3v) is 5.96. The van der Waals surface area contributed by atoms with Crippen LogP contribution in [0.3, 0.4) is 0 Å². The van der Waals surface area contributed by atoms with Gasteiger partial charge in [0.05, 0.1) is 17.0 Å². The zero-order chi connectivity index (χ0) is 22.5. The summed E-state index contributed by atoms with van der Waals surface area (Å²) in [6, 6.07) is 11.1. The zero-order valence-electron chi connectivity index (χ0n) is 16.8. The van der Waals surface area contributed by atoms with Crippen molar-refractivity contribution < 1.29 is 22.4 Å². The van der Waals surface area contributed by atoms with E-state index in [1.807, 2.05) is 0 Å². The number of hydrogen-bond donors (Lipinski definition) is 1. The van der Waals surface area contributed by atoms with E-state index in [4.69, 9.17) is 11.6 Å². The molecule has 0 unspecified atom stereocenters. The van der Waals surface area contributed by atoms with Crippen molar-refractivity contribution in [1.82, 2.24) is 10.2 Å². The highest BCUT2D eigenvalue weighted by molar-refractivity contribution is 7.92. The van der Waals surface area contributed by atoms with Crippen LogP contribution in [0.5, 0.6) is 0 Å². The third kappa shape index (κ3) is 5.70. The fraction of sp³-hybridized carbons (Fsp3) is 0.300. The molecule has 7 nitrogen and oxygen atoms in total. The Bertz CT molecular complexity index is 1030. The molecule has 0 aromatic heterocycles. The molecule has 1 N–H and O–H groups in total. The lowest BCUT2D eigenvalue weighted by Crippen LogP contribution is -2.50. The highest BCUT2D eigenvalue weighted by Crippen LogP contribution is 2.27. The van der Waals surface area contributed by atoms with Gasteiger partial charge < -0.3 is 10.2 Å². The molecule has 0 radical (unpaired) electrons. The van der Waals surface area contributed by atoms with Gasteiger partial charge in [-0.25, -0.2) is 12.8 Å². The molecule has 2 aromatic carbocycles. The SMILES string of the molecule is CNC(=O)[C@@H](C)N(Cc1ccccc1F)C(=O)CN(c1ccccc1Cl)S(C)(=O)=O. The number of benzene rings is 2. The lowest BCUT2D eigenvalue weighted by Gasteiger charge is -2.31. The largest absolute Gasteiger partial charge is 0.357 e. The molecule has 30 heavy (non-hydrogen) atoms. The monoisotopic (exact) mass is 455 g/mol. The zero-order valence-corrected chi connectivity index (χ0v) is 18.4. The smallest absolute Gasteiger partial charge is 0.244 e. The van der Waals surface area contributed by atoms with Crippen molar-refractivity contribution in [2.75, 3.05) is 24.2 Å². The van der Waals surface area contributed by atoms with Crippen molar-refractivity contribution in [2.24, 2.45) is 0 Å². The normalized spacial score (nSPS) is 12.2. The summed E-state index contributed by atoms with van der Waals surface area (Å²) in [5, 5.41) is 2.59.